The summed E-state index contributed by atoms with van der Waals surface area (Å²) in [6.07, 6.45) is 4.24. The van der Waals surface area contributed by atoms with E-state index in [1.165, 1.54) is 22.4 Å². The molecular formula is C12H15N5OS. The average Bonchev–Trinajstić information content (AvgIpc) is 2.94. The maximum Gasteiger partial charge on any atom is 0.260 e. The maximum absolute atomic E-state index is 12.0. The Bertz CT molecular complexity index is 617. The van der Waals surface area contributed by atoms with Crippen LogP contribution in [0.2, 0.25) is 0 Å². The van der Waals surface area contributed by atoms with Gasteiger partial charge in [-0.15, -0.1) is 11.3 Å². The highest BCUT2D eigenvalue weighted by atomic mass is 32.1. The number of aryl methyl sites for hydroxylation is 2. The van der Waals surface area contributed by atoms with Crippen molar-refractivity contribution in [3.8, 4) is 0 Å². The van der Waals surface area contributed by atoms with Gasteiger partial charge in [0.25, 0.3) is 5.91 Å². The molecule has 1 amide bonds. The number of carbonyl (C=O) groups excluding carboxylic acids is 1. The van der Waals surface area contributed by atoms with E-state index in [1.807, 2.05) is 6.92 Å². The van der Waals surface area contributed by atoms with E-state index in [2.05, 4.69) is 20.5 Å². The number of aromatic nitrogens is 3. The van der Waals surface area contributed by atoms with Gasteiger partial charge in [0.2, 0.25) is 0 Å². The predicted octanol–water partition coefficient (Wildman–Crippen LogP) is 1.24. The zero-order valence-corrected chi connectivity index (χ0v) is 11.4. The van der Waals surface area contributed by atoms with Crippen LogP contribution in [-0.2, 0) is 12.8 Å². The summed E-state index contributed by atoms with van der Waals surface area (Å²) >= 11 is 1.52. The molecule has 0 radical (unpaired) electrons. The Labute approximate surface area is 114 Å². The van der Waals surface area contributed by atoms with Crippen LogP contribution < -0.4 is 11.1 Å². The highest BCUT2D eigenvalue weighted by molar-refractivity contribution is 7.15. The van der Waals surface area contributed by atoms with Crippen molar-refractivity contribution in [2.75, 3.05) is 5.32 Å². The molecule has 2 heterocycles. The summed E-state index contributed by atoms with van der Waals surface area (Å²) in [4.78, 5) is 17.7. The molecule has 1 atom stereocenters. The SMILES string of the molecule is Cc1[nH]ncc1C(=O)Nc1nc2c(s1)C[C@@H](N)CC2. The molecule has 3 rings (SSSR count). The van der Waals surface area contributed by atoms with Crippen molar-refractivity contribution in [2.24, 2.45) is 5.73 Å². The van der Waals surface area contributed by atoms with Gasteiger partial charge in [-0.2, -0.15) is 5.10 Å². The van der Waals surface area contributed by atoms with Crippen LogP contribution in [-0.4, -0.2) is 27.1 Å². The van der Waals surface area contributed by atoms with E-state index in [-0.39, 0.29) is 11.9 Å². The third-order valence-corrected chi connectivity index (χ3v) is 4.31. The second-order valence-electron chi connectivity index (χ2n) is 4.75. The van der Waals surface area contributed by atoms with E-state index >= 15 is 0 Å². The summed E-state index contributed by atoms with van der Waals surface area (Å²) in [7, 11) is 0. The van der Waals surface area contributed by atoms with Gasteiger partial charge in [0, 0.05) is 16.6 Å². The normalized spacial score (nSPS) is 18.1. The topological polar surface area (TPSA) is 96.7 Å². The monoisotopic (exact) mass is 277 g/mol. The molecule has 100 valence electrons. The van der Waals surface area contributed by atoms with Crippen LogP contribution in [0, 0.1) is 6.92 Å². The van der Waals surface area contributed by atoms with Crippen LogP contribution in [0.15, 0.2) is 6.20 Å². The van der Waals surface area contributed by atoms with Crippen LogP contribution >= 0.6 is 11.3 Å². The molecule has 7 heteroatoms. The lowest BCUT2D eigenvalue weighted by Gasteiger charge is -2.15. The first-order chi connectivity index (χ1) is 9.13. The van der Waals surface area contributed by atoms with Crippen molar-refractivity contribution in [3.05, 3.63) is 28.0 Å². The zero-order valence-electron chi connectivity index (χ0n) is 10.6. The molecule has 0 aliphatic heterocycles. The van der Waals surface area contributed by atoms with Crippen LogP contribution in [0.1, 0.15) is 33.0 Å². The number of hydrogen-bond acceptors (Lipinski definition) is 5. The number of nitrogens with one attached hydrogen (secondary N) is 2. The second-order valence-corrected chi connectivity index (χ2v) is 5.84. The first-order valence-corrected chi connectivity index (χ1v) is 7.00. The number of amides is 1. The lowest BCUT2D eigenvalue weighted by Crippen LogP contribution is -2.27. The largest absolute Gasteiger partial charge is 0.327 e. The van der Waals surface area contributed by atoms with Gasteiger partial charge in [-0.25, -0.2) is 4.98 Å². The Morgan fingerprint density at radius 3 is 3.21 bits per heavy atom. The molecule has 0 saturated heterocycles. The van der Waals surface area contributed by atoms with E-state index in [1.54, 1.807) is 0 Å². The Morgan fingerprint density at radius 1 is 1.63 bits per heavy atom. The number of rotatable bonds is 2. The Morgan fingerprint density at radius 2 is 2.47 bits per heavy atom. The lowest BCUT2D eigenvalue weighted by atomic mass is 9.99. The quantitative estimate of drug-likeness (QED) is 0.769. The molecule has 0 fully saturated rings. The molecular weight excluding hydrogens is 262 g/mol. The van der Waals surface area contributed by atoms with Crippen LogP contribution in [0.3, 0.4) is 0 Å². The molecule has 0 unspecified atom stereocenters. The zero-order chi connectivity index (χ0) is 13.4. The van der Waals surface area contributed by atoms with Crippen molar-refractivity contribution in [2.45, 2.75) is 32.2 Å². The molecule has 0 spiro atoms. The molecule has 4 N–H and O–H groups in total. The maximum atomic E-state index is 12.0. The fourth-order valence-corrected chi connectivity index (χ4v) is 3.29. The summed E-state index contributed by atoms with van der Waals surface area (Å²) < 4.78 is 0. The van der Waals surface area contributed by atoms with Crippen molar-refractivity contribution in [1.29, 1.82) is 0 Å². The smallest absolute Gasteiger partial charge is 0.260 e. The number of carbonyl (C=O) groups is 1. The molecule has 1 aliphatic carbocycles. The summed E-state index contributed by atoms with van der Waals surface area (Å²) in [6.45, 7) is 1.81. The first-order valence-electron chi connectivity index (χ1n) is 6.19. The standard InChI is InChI=1S/C12H15N5OS/c1-6-8(5-14-17-6)11(18)16-12-15-9-3-2-7(13)4-10(9)19-12/h5,7H,2-4,13H2,1H3,(H,14,17)(H,15,16,18)/t7-/m0/s1. The number of aromatic amines is 1. The molecule has 0 aromatic carbocycles. The van der Waals surface area contributed by atoms with Gasteiger partial charge in [-0.1, -0.05) is 0 Å². The number of anilines is 1. The van der Waals surface area contributed by atoms with E-state index in [4.69, 9.17) is 5.73 Å². The minimum absolute atomic E-state index is 0.179. The summed E-state index contributed by atoms with van der Waals surface area (Å²) in [6, 6.07) is 0.215. The van der Waals surface area contributed by atoms with E-state index in [0.29, 0.717) is 10.7 Å². The Kier molecular flexibility index (Phi) is 3.08. The van der Waals surface area contributed by atoms with Gasteiger partial charge in [0.1, 0.15) is 0 Å². The highest BCUT2D eigenvalue weighted by Gasteiger charge is 2.21. The fourth-order valence-electron chi connectivity index (χ4n) is 2.20. The van der Waals surface area contributed by atoms with Gasteiger partial charge in [-0.3, -0.25) is 15.2 Å². The van der Waals surface area contributed by atoms with Crippen molar-refractivity contribution in [1.82, 2.24) is 15.2 Å². The molecule has 0 saturated carbocycles. The van der Waals surface area contributed by atoms with Crippen LogP contribution in [0.25, 0.3) is 0 Å². The minimum Gasteiger partial charge on any atom is -0.327 e. The van der Waals surface area contributed by atoms with E-state index in [0.717, 1.165) is 30.7 Å². The van der Waals surface area contributed by atoms with Gasteiger partial charge in [0.05, 0.1) is 17.5 Å². The predicted molar refractivity (Wildman–Crippen MR) is 73.4 cm³/mol. The number of thiazole rings is 1. The van der Waals surface area contributed by atoms with E-state index in [9.17, 15) is 4.79 Å². The molecule has 6 nitrogen and oxygen atoms in total. The molecule has 19 heavy (non-hydrogen) atoms. The number of nitrogens with two attached hydrogens (primary N) is 1. The number of H-pyrrole nitrogens is 1. The third-order valence-electron chi connectivity index (χ3n) is 3.27. The van der Waals surface area contributed by atoms with Crippen LogP contribution in [0.5, 0.6) is 0 Å². The second kappa shape index (κ2) is 4.75. The molecule has 0 bridgehead atoms. The van der Waals surface area contributed by atoms with Gasteiger partial charge in [-0.05, 0) is 26.2 Å². The number of hydrogen-bond donors (Lipinski definition) is 3. The van der Waals surface area contributed by atoms with Crippen molar-refractivity contribution < 1.29 is 4.79 Å². The van der Waals surface area contributed by atoms with Gasteiger partial charge >= 0.3 is 0 Å². The first kappa shape index (κ1) is 12.3. The average molecular weight is 277 g/mol. The van der Waals surface area contributed by atoms with Crippen LogP contribution in [0.4, 0.5) is 5.13 Å². The minimum atomic E-state index is -0.179. The summed E-state index contributed by atoms with van der Waals surface area (Å²) in [5.74, 6) is -0.179. The number of fused-ring (bicyclic) bond motifs is 1. The van der Waals surface area contributed by atoms with Crippen molar-refractivity contribution >= 4 is 22.4 Å². The van der Waals surface area contributed by atoms with Crippen molar-refractivity contribution in [3.63, 3.8) is 0 Å². The lowest BCUT2D eigenvalue weighted by molar-refractivity contribution is 0.102. The third kappa shape index (κ3) is 2.39. The Balaban J connectivity index is 1.78. The molecule has 2 aromatic heterocycles. The molecule has 1 aliphatic rings. The Hall–Kier alpha value is -1.73. The summed E-state index contributed by atoms with van der Waals surface area (Å²) in [5, 5.41) is 10.1. The highest BCUT2D eigenvalue weighted by Crippen LogP contribution is 2.29. The van der Waals surface area contributed by atoms with E-state index < -0.39 is 0 Å². The van der Waals surface area contributed by atoms with Gasteiger partial charge < -0.3 is 5.73 Å². The van der Waals surface area contributed by atoms with Gasteiger partial charge in [0.15, 0.2) is 5.13 Å². The molecule has 2 aromatic rings. The fraction of sp³-hybridized carbons (Fsp3) is 0.417. The number of nitrogens with zero attached hydrogens (tertiary/aromatic N) is 2. The summed E-state index contributed by atoms with van der Waals surface area (Å²) in [5.41, 5.74) is 8.31.